The van der Waals surface area contributed by atoms with Crippen molar-refractivity contribution < 1.29 is 9.53 Å². The van der Waals surface area contributed by atoms with Gasteiger partial charge in [-0.2, -0.15) is 0 Å². The lowest BCUT2D eigenvalue weighted by Crippen LogP contribution is -2.44. The van der Waals surface area contributed by atoms with Crippen molar-refractivity contribution in [3.63, 3.8) is 0 Å². The Kier molecular flexibility index (Phi) is 3.47. The molecule has 1 aliphatic carbocycles. The van der Waals surface area contributed by atoms with Crippen molar-refractivity contribution in [2.45, 2.75) is 50.1 Å². The molecule has 2 aliphatic heterocycles. The first-order valence-electron chi connectivity index (χ1n) is 9.14. The van der Waals surface area contributed by atoms with Gasteiger partial charge in [-0.1, -0.05) is 18.2 Å². The summed E-state index contributed by atoms with van der Waals surface area (Å²) < 4.78 is 5.67. The second kappa shape index (κ2) is 5.83. The topological polar surface area (TPSA) is 55.3 Å². The van der Waals surface area contributed by atoms with Crippen LogP contribution in [0.1, 0.15) is 54.7 Å². The normalized spacial score (nSPS) is 24.1. The van der Waals surface area contributed by atoms with Crippen LogP contribution in [-0.4, -0.2) is 33.4 Å². The van der Waals surface area contributed by atoms with E-state index in [0.717, 1.165) is 42.1 Å². The van der Waals surface area contributed by atoms with Gasteiger partial charge in [0.25, 0.3) is 5.91 Å². The standard InChI is InChI=1S/C20H21N3O2/c24-19(12-25-15-4-2-1-3-5-15)23-14-8-9-18(23)16-11-21-20(13-6-7-13)22-17(16)10-14/h1-5,11,13-14,18H,6-10,12H2/t14-,18-/m1/s1. The van der Waals surface area contributed by atoms with Crippen LogP contribution < -0.4 is 4.74 Å². The van der Waals surface area contributed by atoms with Crippen LogP contribution in [0, 0.1) is 0 Å². The maximum atomic E-state index is 12.8. The summed E-state index contributed by atoms with van der Waals surface area (Å²) in [5.74, 6) is 2.37. The van der Waals surface area contributed by atoms with Crippen LogP contribution in [0.15, 0.2) is 36.5 Å². The van der Waals surface area contributed by atoms with E-state index in [-0.39, 0.29) is 24.6 Å². The number of carbonyl (C=O) groups is 1. The minimum atomic E-state index is 0.0632. The summed E-state index contributed by atoms with van der Waals surface area (Å²) in [6.07, 6.45) is 7.30. The van der Waals surface area contributed by atoms with Crippen LogP contribution >= 0.6 is 0 Å². The molecule has 5 nitrogen and oxygen atoms in total. The molecular weight excluding hydrogens is 314 g/mol. The third-order valence-electron chi connectivity index (χ3n) is 5.55. The Morgan fingerprint density at radius 1 is 1.16 bits per heavy atom. The molecule has 3 aliphatic rings. The van der Waals surface area contributed by atoms with Crippen molar-refractivity contribution in [3.8, 4) is 5.75 Å². The molecule has 2 aromatic rings. The van der Waals surface area contributed by atoms with Crippen LogP contribution in [0.25, 0.3) is 0 Å². The zero-order chi connectivity index (χ0) is 16.8. The molecule has 0 N–H and O–H groups in total. The summed E-state index contributed by atoms with van der Waals surface area (Å²) in [6, 6.07) is 9.89. The third-order valence-corrected chi connectivity index (χ3v) is 5.55. The van der Waals surface area contributed by atoms with Gasteiger partial charge in [-0.3, -0.25) is 4.79 Å². The van der Waals surface area contributed by atoms with Gasteiger partial charge < -0.3 is 9.64 Å². The number of para-hydroxylation sites is 1. The number of hydrogen-bond donors (Lipinski definition) is 0. The van der Waals surface area contributed by atoms with Gasteiger partial charge in [0.2, 0.25) is 0 Å². The largest absolute Gasteiger partial charge is 0.484 e. The minimum Gasteiger partial charge on any atom is -0.484 e. The number of carbonyl (C=O) groups excluding carboxylic acids is 1. The number of aromatic nitrogens is 2. The second-order valence-electron chi connectivity index (χ2n) is 7.26. The van der Waals surface area contributed by atoms with E-state index in [1.165, 1.54) is 12.8 Å². The highest BCUT2D eigenvalue weighted by molar-refractivity contribution is 5.79. The molecule has 5 heteroatoms. The number of rotatable bonds is 4. The molecular formula is C20H21N3O2. The van der Waals surface area contributed by atoms with Crippen LogP contribution in [-0.2, 0) is 11.2 Å². The smallest absolute Gasteiger partial charge is 0.261 e. The van der Waals surface area contributed by atoms with Gasteiger partial charge in [-0.25, -0.2) is 9.97 Å². The first-order chi connectivity index (χ1) is 12.3. The van der Waals surface area contributed by atoms with Crippen molar-refractivity contribution in [1.29, 1.82) is 0 Å². The summed E-state index contributed by atoms with van der Waals surface area (Å²) in [6.45, 7) is 0.0906. The van der Waals surface area contributed by atoms with Crippen LogP contribution in [0.4, 0.5) is 0 Å². The molecule has 3 heterocycles. The Balaban J connectivity index is 1.34. The molecule has 2 bridgehead atoms. The highest BCUT2D eigenvalue weighted by atomic mass is 16.5. The minimum absolute atomic E-state index is 0.0632. The average molecular weight is 335 g/mol. The number of benzene rings is 1. The van der Waals surface area contributed by atoms with E-state index in [9.17, 15) is 4.79 Å². The fourth-order valence-electron chi connectivity index (χ4n) is 4.15. The molecule has 25 heavy (non-hydrogen) atoms. The lowest BCUT2D eigenvalue weighted by molar-refractivity contribution is -0.137. The Morgan fingerprint density at radius 3 is 2.80 bits per heavy atom. The van der Waals surface area contributed by atoms with Crippen molar-refractivity contribution in [2.24, 2.45) is 0 Å². The van der Waals surface area contributed by atoms with Gasteiger partial charge in [0.15, 0.2) is 6.61 Å². The Morgan fingerprint density at radius 2 is 2.00 bits per heavy atom. The Bertz CT molecular complexity index is 804. The monoisotopic (exact) mass is 335 g/mol. The van der Waals surface area contributed by atoms with Crippen molar-refractivity contribution in [2.75, 3.05) is 6.61 Å². The van der Waals surface area contributed by atoms with Crippen LogP contribution in [0.3, 0.4) is 0 Å². The van der Waals surface area contributed by atoms with Gasteiger partial charge in [0.05, 0.1) is 11.7 Å². The van der Waals surface area contributed by atoms with Gasteiger partial charge in [0.1, 0.15) is 11.6 Å². The lowest BCUT2D eigenvalue weighted by Gasteiger charge is -2.35. The zero-order valence-corrected chi connectivity index (χ0v) is 14.1. The molecule has 2 atom stereocenters. The number of fused-ring (bicyclic) bond motifs is 4. The molecule has 1 saturated heterocycles. The number of hydrogen-bond acceptors (Lipinski definition) is 4. The summed E-state index contributed by atoms with van der Waals surface area (Å²) in [5, 5.41) is 0. The highest BCUT2D eigenvalue weighted by Gasteiger charge is 2.43. The Labute approximate surface area is 147 Å². The first-order valence-corrected chi connectivity index (χ1v) is 9.14. The summed E-state index contributed by atoms with van der Waals surface area (Å²) >= 11 is 0. The molecule has 1 amide bonds. The Hall–Kier alpha value is -2.43. The molecule has 128 valence electrons. The first kappa shape index (κ1) is 14.9. The maximum Gasteiger partial charge on any atom is 0.261 e. The average Bonchev–Trinajstić information content (AvgIpc) is 3.44. The van der Waals surface area contributed by atoms with E-state index in [1.807, 2.05) is 41.4 Å². The number of amides is 1. The highest BCUT2D eigenvalue weighted by Crippen LogP contribution is 2.44. The molecule has 2 fully saturated rings. The molecule has 0 radical (unpaired) electrons. The van der Waals surface area contributed by atoms with E-state index in [2.05, 4.69) is 4.98 Å². The van der Waals surface area contributed by atoms with E-state index in [1.54, 1.807) is 0 Å². The number of nitrogens with zero attached hydrogens (tertiary/aromatic N) is 3. The fourth-order valence-corrected chi connectivity index (χ4v) is 4.15. The fraction of sp³-hybridized carbons (Fsp3) is 0.450. The maximum absolute atomic E-state index is 12.8. The lowest BCUT2D eigenvalue weighted by atomic mass is 9.99. The summed E-state index contributed by atoms with van der Waals surface area (Å²) in [5.41, 5.74) is 2.31. The quantitative estimate of drug-likeness (QED) is 0.862. The molecule has 1 aromatic carbocycles. The SMILES string of the molecule is O=C(COc1ccccc1)N1[C@@H]2CC[C@@H]1c1cnc(C3CC3)nc1C2. The van der Waals surface area contributed by atoms with Gasteiger partial charge in [0, 0.05) is 30.1 Å². The van der Waals surface area contributed by atoms with Crippen LogP contribution in [0.5, 0.6) is 5.75 Å². The molecule has 0 unspecified atom stereocenters. The van der Waals surface area contributed by atoms with Gasteiger partial charge in [-0.15, -0.1) is 0 Å². The molecule has 1 aromatic heterocycles. The van der Waals surface area contributed by atoms with Crippen molar-refractivity contribution in [3.05, 3.63) is 53.6 Å². The third kappa shape index (κ3) is 2.68. The van der Waals surface area contributed by atoms with Crippen molar-refractivity contribution >= 4 is 5.91 Å². The molecule has 5 rings (SSSR count). The summed E-state index contributed by atoms with van der Waals surface area (Å²) in [7, 11) is 0. The van der Waals surface area contributed by atoms with Crippen molar-refractivity contribution in [1.82, 2.24) is 14.9 Å². The van der Waals surface area contributed by atoms with E-state index >= 15 is 0 Å². The van der Waals surface area contributed by atoms with Gasteiger partial charge in [-0.05, 0) is 37.8 Å². The second-order valence-corrected chi connectivity index (χ2v) is 7.26. The van der Waals surface area contributed by atoms with E-state index < -0.39 is 0 Å². The molecule has 0 spiro atoms. The number of ether oxygens (including phenoxy) is 1. The zero-order valence-electron chi connectivity index (χ0n) is 14.1. The van der Waals surface area contributed by atoms with E-state index in [4.69, 9.17) is 9.72 Å². The van der Waals surface area contributed by atoms with E-state index in [0.29, 0.717) is 5.92 Å². The summed E-state index contributed by atoms with van der Waals surface area (Å²) in [4.78, 5) is 24.2. The van der Waals surface area contributed by atoms with Gasteiger partial charge >= 0.3 is 0 Å². The predicted molar refractivity (Wildman–Crippen MR) is 92.3 cm³/mol. The van der Waals surface area contributed by atoms with Crippen LogP contribution in [0.2, 0.25) is 0 Å². The molecule has 1 saturated carbocycles. The predicted octanol–water partition coefficient (Wildman–Crippen LogP) is 3.02.